The maximum Gasteiger partial charge on any atom is 0.223 e. The summed E-state index contributed by atoms with van der Waals surface area (Å²) >= 11 is 0. The highest BCUT2D eigenvalue weighted by atomic mass is 32.2. The number of hydrogen-bond acceptors (Lipinski definition) is 4. The Morgan fingerprint density at radius 2 is 1.95 bits per heavy atom. The highest BCUT2D eigenvalue weighted by molar-refractivity contribution is 7.88. The molecule has 0 aliphatic carbocycles. The number of aliphatic hydroxyl groups is 1. The number of carbonyl (C=O) groups is 1. The molecule has 1 unspecified atom stereocenters. The second-order valence-electron chi connectivity index (χ2n) is 5.90. The summed E-state index contributed by atoms with van der Waals surface area (Å²) in [7, 11) is -3.16. The topological polar surface area (TPSA) is 86.7 Å². The SMILES string of the molecule is CCCC(C)(O)CNC(=O)C1CCN(S(C)(=O)=O)CC1. The Morgan fingerprint density at radius 1 is 1.40 bits per heavy atom. The number of sulfonamides is 1. The molecule has 1 aliphatic rings. The third-order valence-electron chi connectivity index (χ3n) is 3.73. The van der Waals surface area contributed by atoms with Gasteiger partial charge in [-0.1, -0.05) is 13.3 Å². The van der Waals surface area contributed by atoms with Gasteiger partial charge < -0.3 is 10.4 Å². The van der Waals surface area contributed by atoms with Crippen molar-refractivity contribution in [3.05, 3.63) is 0 Å². The normalized spacial score (nSPS) is 21.4. The van der Waals surface area contributed by atoms with E-state index in [-0.39, 0.29) is 18.4 Å². The first-order chi connectivity index (χ1) is 9.15. The fourth-order valence-electron chi connectivity index (χ4n) is 2.50. The number of rotatable bonds is 6. The highest BCUT2D eigenvalue weighted by Gasteiger charge is 2.29. The highest BCUT2D eigenvalue weighted by Crippen LogP contribution is 2.19. The van der Waals surface area contributed by atoms with Crippen LogP contribution in [0.2, 0.25) is 0 Å². The van der Waals surface area contributed by atoms with Crippen LogP contribution in [0.4, 0.5) is 0 Å². The molecule has 0 aromatic rings. The fourth-order valence-corrected chi connectivity index (χ4v) is 3.37. The monoisotopic (exact) mass is 306 g/mol. The molecule has 118 valence electrons. The molecular formula is C13H26N2O4S. The Labute approximate surface area is 121 Å². The second-order valence-corrected chi connectivity index (χ2v) is 7.88. The van der Waals surface area contributed by atoms with Gasteiger partial charge in [0, 0.05) is 25.6 Å². The summed E-state index contributed by atoms with van der Waals surface area (Å²) in [5.41, 5.74) is -0.877. The first kappa shape index (κ1) is 17.4. The van der Waals surface area contributed by atoms with Crippen LogP contribution in [0.3, 0.4) is 0 Å². The van der Waals surface area contributed by atoms with Gasteiger partial charge in [-0.25, -0.2) is 12.7 Å². The summed E-state index contributed by atoms with van der Waals surface area (Å²) in [6, 6.07) is 0. The van der Waals surface area contributed by atoms with Crippen LogP contribution in [0.15, 0.2) is 0 Å². The molecule has 6 nitrogen and oxygen atoms in total. The van der Waals surface area contributed by atoms with Crippen molar-refractivity contribution >= 4 is 15.9 Å². The van der Waals surface area contributed by atoms with Crippen LogP contribution in [0.25, 0.3) is 0 Å². The van der Waals surface area contributed by atoms with E-state index in [0.717, 1.165) is 6.42 Å². The third-order valence-corrected chi connectivity index (χ3v) is 5.03. The predicted molar refractivity (Wildman–Crippen MR) is 77.7 cm³/mol. The molecule has 0 aromatic carbocycles. The van der Waals surface area contributed by atoms with Crippen molar-refractivity contribution in [1.82, 2.24) is 9.62 Å². The van der Waals surface area contributed by atoms with E-state index in [4.69, 9.17) is 0 Å². The smallest absolute Gasteiger partial charge is 0.223 e. The van der Waals surface area contributed by atoms with Crippen LogP contribution in [-0.4, -0.2) is 55.2 Å². The van der Waals surface area contributed by atoms with Gasteiger partial charge in [0.1, 0.15) is 0 Å². The largest absolute Gasteiger partial charge is 0.388 e. The van der Waals surface area contributed by atoms with Gasteiger partial charge in [0.15, 0.2) is 0 Å². The van der Waals surface area contributed by atoms with E-state index in [9.17, 15) is 18.3 Å². The fraction of sp³-hybridized carbons (Fsp3) is 0.923. The predicted octanol–water partition coefficient (Wildman–Crippen LogP) is 0.325. The average Bonchev–Trinajstić information content (AvgIpc) is 2.35. The number of nitrogens with one attached hydrogen (secondary N) is 1. The maximum atomic E-state index is 12.0. The van der Waals surface area contributed by atoms with Crippen molar-refractivity contribution in [1.29, 1.82) is 0 Å². The van der Waals surface area contributed by atoms with Crippen molar-refractivity contribution < 1.29 is 18.3 Å². The molecule has 1 aliphatic heterocycles. The molecule has 1 amide bonds. The standard InChI is InChI=1S/C13H26N2O4S/c1-4-7-13(2,17)10-14-12(16)11-5-8-15(9-6-11)20(3,18)19/h11,17H,4-10H2,1-3H3,(H,14,16). The van der Waals surface area contributed by atoms with Crippen LogP contribution in [0.1, 0.15) is 39.5 Å². The number of carbonyl (C=O) groups excluding carboxylic acids is 1. The quantitative estimate of drug-likeness (QED) is 0.740. The van der Waals surface area contributed by atoms with Crippen molar-refractivity contribution in [2.45, 2.75) is 45.1 Å². The van der Waals surface area contributed by atoms with Crippen LogP contribution in [0.5, 0.6) is 0 Å². The Balaban J connectivity index is 2.40. The molecule has 0 bridgehead atoms. The molecule has 1 atom stereocenters. The van der Waals surface area contributed by atoms with Gasteiger partial charge in [0.25, 0.3) is 0 Å². The number of nitrogens with zero attached hydrogens (tertiary/aromatic N) is 1. The van der Waals surface area contributed by atoms with Crippen molar-refractivity contribution in [3.8, 4) is 0 Å². The van der Waals surface area contributed by atoms with Crippen LogP contribution in [0, 0.1) is 5.92 Å². The summed E-state index contributed by atoms with van der Waals surface area (Å²) in [5.74, 6) is -0.250. The lowest BCUT2D eigenvalue weighted by molar-refractivity contribution is -0.127. The van der Waals surface area contributed by atoms with E-state index in [0.29, 0.717) is 32.4 Å². The molecular weight excluding hydrogens is 280 g/mol. The van der Waals surface area contributed by atoms with E-state index >= 15 is 0 Å². The Kier molecular flexibility index (Phi) is 5.97. The zero-order valence-corrected chi connectivity index (χ0v) is 13.4. The molecule has 20 heavy (non-hydrogen) atoms. The molecule has 1 fully saturated rings. The van der Waals surface area contributed by atoms with E-state index in [1.165, 1.54) is 10.6 Å². The van der Waals surface area contributed by atoms with Crippen LogP contribution < -0.4 is 5.32 Å². The lowest BCUT2D eigenvalue weighted by Crippen LogP contribution is -2.46. The number of hydrogen-bond donors (Lipinski definition) is 2. The van der Waals surface area contributed by atoms with E-state index in [2.05, 4.69) is 5.32 Å². The van der Waals surface area contributed by atoms with Gasteiger partial charge in [0.05, 0.1) is 11.9 Å². The third kappa shape index (κ3) is 5.38. The molecule has 0 radical (unpaired) electrons. The summed E-state index contributed by atoms with van der Waals surface area (Å²) in [6.07, 6.45) is 3.76. The molecule has 1 rings (SSSR count). The first-order valence-electron chi connectivity index (χ1n) is 7.11. The van der Waals surface area contributed by atoms with Crippen molar-refractivity contribution in [3.63, 3.8) is 0 Å². The Morgan fingerprint density at radius 3 is 2.40 bits per heavy atom. The van der Waals surface area contributed by atoms with E-state index < -0.39 is 15.6 Å². The van der Waals surface area contributed by atoms with Crippen LogP contribution >= 0.6 is 0 Å². The van der Waals surface area contributed by atoms with Crippen molar-refractivity contribution in [2.24, 2.45) is 5.92 Å². The summed E-state index contributed by atoms with van der Waals surface area (Å²) in [6.45, 7) is 4.72. The van der Waals surface area contributed by atoms with Crippen LogP contribution in [-0.2, 0) is 14.8 Å². The molecule has 7 heteroatoms. The number of piperidine rings is 1. The molecule has 0 spiro atoms. The molecule has 0 saturated carbocycles. The summed E-state index contributed by atoms with van der Waals surface area (Å²) < 4.78 is 24.2. The van der Waals surface area contributed by atoms with Gasteiger partial charge in [-0.2, -0.15) is 0 Å². The number of amides is 1. The summed E-state index contributed by atoms with van der Waals surface area (Å²) in [5, 5.41) is 12.8. The van der Waals surface area contributed by atoms with Gasteiger partial charge in [-0.05, 0) is 26.2 Å². The lowest BCUT2D eigenvalue weighted by Gasteiger charge is -2.30. The van der Waals surface area contributed by atoms with E-state index in [1.54, 1.807) is 6.92 Å². The molecule has 2 N–H and O–H groups in total. The van der Waals surface area contributed by atoms with Crippen molar-refractivity contribution in [2.75, 3.05) is 25.9 Å². The molecule has 1 saturated heterocycles. The first-order valence-corrected chi connectivity index (χ1v) is 8.96. The summed E-state index contributed by atoms with van der Waals surface area (Å²) in [4.78, 5) is 12.0. The second kappa shape index (κ2) is 6.87. The minimum atomic E-state index is -3.16. The Hall–Kier alpha value is -0.660. The Bertz CT molecular complexity index is 426. The molecule has 0 aromatic heterocycles. The van der Waals surface area contributed by atoms with Gasteiger partial charge in [-0.15, -0.1) is 0 Å². The lowest BCUT2D eigenvalue weighted by atomic mass is 9.96. The maximum absolute atomic E-state index is 12.0. The van der Waals surface area contributed by atoms with Gasteiger partial charge in [0.2, 0.25) is 15.9 Å². The minimum absolute atomic E-state index is 0.0884. The zero-order chi connectivity index (χ0) is 15.4. The minimum Gasteiger partial charge on any atom is -0.388 e. The zero-order valence-electron chi connectivity index (χ0n) is 12.6. The average molecular weight is 306 g/mol. The molecule has 1 heterocycles. The van der Waals surface area contributed by atoms with Gasteiger partial charge in [-0.3, -0.25) is 4.79 Å². The van der Waals surface area contributed by atoms with E-state index in [1.807, 2.05) is 6.92 Å². The van der Waals surface area contributed by atoms with Gasteiger partial charge >= 0.3 is 0 Å².